The number of hydrogen-bond donors (Lipinski definition) is 2. The molecule has 0 saturated carbocycles. The lowest BCUT2D eigenvalue weighted by Gasteiger charge is -2.42. The van der Waals surface area contributed by atoms with Gasteiger partial charge in [-0.15, -0.1) is 0 Å². The molecular formula is C17H23ClN2O4. The first-order valence-electron chi connectivity index (χ1n) is 8.20. The van der Waals surface area contributed by atoms with Crippen LogP contribution in [0.25, 0.3) is 0 Å². The van der Waals surface area contributed by atoms with Gasteiger partial charge in [0.05, 0.1) is 30.4 Å². The molecule has 2 aliphatic rings. The van der Waals surface area contributed by atoms with Crippen molar-refractivity contribution in [1.82, 2.24) is 4.90 Å². The lowest BCUT2D eigenvalue weighted by atomic mass is 9.86. The van der Waals surface area contributed by atoms with Crippen LogP contribution in [-0.2, 0) is 9.53 Å². The van der Waals surface area contributed by atoms with Crippen LogP contribution in [0.3, 0.4) is 0 Å². The predicted octanol–water partition coefficient (Wildman–Crippen LogP) is 1.90. The summed E-state index contributed by atoms with van der Waals surface area (Å²) in [7, 11) is 1.54. The highest BCUT2D eigenvalue weighted by atomic mass is 35.5. The normalized spacial score (nSPS) is 27.4. The Morgan fingerprint density at radius 2 is 2.38 bits per heavy atom. The molecule has 1 amide bonds. The lowest BCUT2D eigenvalue weighted by Crippen LogP contribution is -2.56. The quantitative estimate of drug-likeness (QED) is 0.864. The van der Waals surface area contributed by atoms with Crippen molar-refractivity contribution in [2.45, 2.75) is 31.0 Å². The Morgan fingerprint density at radius 3 is 3.00 bits per heavy atom. The van der Waals surface area contributed by atoms with Gasteiger partial charge in [-0.3, -0.25) is 9.69 Å². The summed E-state index contributed by atoms with van der Waals surface area (Å²) in [5.41, 5.74) is 0.232. The Bertz CT molecular complexity index is 604. The number of β-amino-alcohol motifs (C(OH)–C–C–N with tert-alkyl or cyclic N) is 1. The molecule has 132 valence electrons. The third kappa shape index (κ3) is 3.67. The largest absolute Gasteiger partial charge is 0.495 e. The number of carbonyl (C=O) groups excluding carboxylic acids is 1. The van der Waals surface area contributed by atoms with Crippen molar-refractivity contribution in [1.29, 1.82) is 0 Å². The SMILES string of the molecule is COc1ccc(NC(=O)CN2CC[C@@]3(CCCO3)[C@@H](O)C2)cc1Cl. The lowest BCUT2D eigenvalue weighted by molar-refractivity contribution is -0.135. The fourth-order valence-electron chi connectivity index (χ4n) is 3.49. The third-order valence-corrected chi connectivity index (χ3v) is 5.12. The summed E-state index contributed by atoms with van der Waals surface area (Å²) in [5.74, 6) is 0.433. The molecule has 1 aromatic rings. The van der Waals surface area contributed by atoms with Crippen molar-refractivity contribution < 1.29 is 19.4 Å². The number of hydrogen-bond acceptors (Lipinski definition) is 5. The average molecular weight is 355 g/mol. The standard InChI is InChI=1S/C17H23ClN2O4/c1-23-14-4-3-12(9-13(14)18)19-16(22)11-20-7-6-17(15(21)10-20)5-2-8-24-17/h3-4,9,15,21H,2,5-8,10-11H2,1H3,(H,19,22)/t15-,17-/m0/s1. The van der Waals surface area contributed by atoms with E-state index < -0.39 is 11.7 Å². The van der Waals surface area contributed by atoms with E-state index in [2.05, 4.69) is 5.32 Å². The number of benzene rings is 1. The van der Waals surface area contributed by atoms with Gasteiger partial charge in [0.25, 0.3) is 0 Å². The second-order valence-corrected chi connectivity index (χ2v) is 6.82. The zero-order chi connectivity index (χ0) is 17.2. The van der Waals surface area contributed by atoms with Crippen molar-refractivity contribution in [2.75, 3.05) is 38.7 Å². The summed E-state index contributed by atoms with van der Waals surface area (Å²) >= 11 is 6.06. The second-order valence-electron chi connectivity index (χ2n) is 6.42. The highest BCUT2D eigenvalue weighted by molar-refractivity contribution is 6.32. The number of carbonyl (C=O) groups is 1. The molecule has 2 atom stereocenters. The zero-order valence-electron chi connectivity index (χ0n) is 13.8. The summed E-state index contributed by atoms with van der Waals surface area (Å²) in [4.78, 5) is 14.2. The van der Waals surface area contributed by atoms with Gasteiger partial charge in [-0.25, -0.2) is 0 Å². The maximum atomic E-state index is 12.2. The molecule has 0 unspecified atom stereocenters. The number of aliphatic hydroxyl groups is 1. The van der Waals surface area contributed by atoms with Crippen LogP contribution in [-0.4, -0.2) is 61.0 Å². The number of nitrogens with zero attached hydrogens (tertiary/aromatic N) is 1. The van der Waals surface area contributed by atoms with E-state index >= 15 is 0 Å². The van der Waals surface area contributed by atoms with Crippen LogP contribution in [0.5, 0.6) is 5.75 Å². The van der Waals surface area contributed by atoms with Gasteiger partial charge in [-0.2, -0.15) is 0 Å². The van der Waals surface area contributed by atoms with Crippen LogP contribution >= 0.6 is 11.6 Å². The van der Waals surface area contributed by atoms with Crippen LogP contribution in [0.1, 0.15) is 19.3 Å². The first-order chi connectivity index (χ1) is 11.5. The van der Waals surface area contributed by atoms with Gasteiger partial charge in [-0.1, -0.05) is 11.6 Å². The van der Waals surface area contributed by atoms with Crippen molar-refractivity contribution in [3.05, 3.63) is 23.2 Å². The zero-order valence-corrected chi connectivity index (χ0v) is 14.5. The summed E-state index contributed by atoms with van der Waals surface area (Å²) in [6, 6.07) is 5.11. The number of methoxy groups -OCH3 is 1. The van der Waals surface area contributed by atoms with Gasteiger partial charge < -0.3 is 19.9 Å². The summed E-state index contributed by atoms with van der Waals surface area (Å²) in [6.45, 7) is 2.15. The van der Waals surface area contributed by atoms with Crippen LogP contribution in [0.2, 0.25) is 5.02 Å². The van der Waals surface area contributed by atoms with Crippen LogP contribution in [0.15, 0.2) is 18.2 Å². The minimum Gasteiger partial charge on any atom is -0.495 e. The minimum atomic E-state index is -0.544. The summed E-state index contributed by atoms with van der Waals surface area (Å²) < 4.78 is 10.9. The minimum absolute atomic E-state index is 0.133. The second kappa shape index (κ2) is 7.27. The van der Waals surface area contributed by atoms with Gasteiger partial charge in [0, 0.05) is 25.4 Å². The van der Waals surface area contributed by atoms with Crippen molar-refractivity contribution in [3.8, 4) is 5.75 Å². The number of halogens is 1. The molecule has 7 heteroatoms. The first kappa shape index (κ1) is 17.5. The van der Waals surface area contributed by atoms with Crippen molar-refractivity contribution >= 4 is 23.2 Å². The Hall–Kier alpha value is -1.34. The highest BCUT2D eigenvalue weighted by Crippen LogP contribution is 2.35. The smallest absolute Gasteiger partial charge is 0.238 e. The molecule has 6 nitrogen and oxygen atoms in total. The number of rotatable bonds is 4. The Balaban J connectivity index is 1.53. The van der Waals surface area contributed by atoms with E-state index in [1.165, 1.54) is 0 Å². The molecule has 0 radical (unpaired) electrons. The predicted molar refractivity (Wildman–Crippen MR) is 91.6 cm³/mol. The monoisotopic (exact) mass is 354 g/mol. The van der Waals surface area contributed by atoms with E-state index in [9.17, 15) is 9.90 Å². The summed E-state index contributed by atoms with van der Waals surface area (Å²) in [5, 5.41) is 13.7. The molecule has 24 heavy (non-hydrogen) atoms. The van der Waals surface area contributed by atoms with Gasteiger partial charge in [-0.05, 0) is 37.5 Å². The molecule has 2 N–H and O–H groups in total. The van der Waals surface area contributed by atoms with Crippen molar-refractivity contribution in [3.63, 3.8) is 0 Å². The molecule has 0 bridgehead atoms. The van der Waals surface area contributed by atoms with Crippen LogP contribution in [0.4, 0.5) is 5.69 Å². The maximum absolute atomic E-state index is 12.2. The molecular weight excluding hydrogens is 332 g/mol. The molecule has 0 aromatic heterocycles. The van der Waals surface area contributed by atoms with Gasteiger partial charge >= 0.3 is 0 Å². The molecule has 2 fully saturated rings. The molecule has 0 aliphatic carbocycles. The molecule has 2 saturated heterocycles. The molecule has 1 aromatic carbocycles. The summed E-state index contributed by atoms with van der Waals surface area (Å²) in [6.07, 6.45) is 2.11. The van der Waals surface area contributed by atoms with Crippen molar-refractivity contribution in [2.24, 2.45) is 0 Å². The Morgan fingerprint density at radius 1 is 1.54 bits per heavy atom. The van der Waals surface area contributed by atoms with E-state index in [4.69, 9.17) is 21.1 Å². The van der Waals surface area contributed by atoms with Crippen LogP contribution < -0.4 is 10.1 Å². The number of ether oxygens (including phenoxy) is 2. The van der Waals surface area contributed by atoms with E-state index in [0.717, 1.165) is 32.4 Å². The third-order valence-electron chi connectivity index (χ3n) is 4.83. The molecule has 3 rings (SSSR count). The van der Waals surface area contributed by atoms with E-state index in [0.29, 0.717) is 23.0 Å². The van der Waals surface area contributed by atoms with Gasteiger partial charge in [0.1, 0.15) is 5.75 Å². The fraction of sp³-hybridized carbons (Fsp3) is 0.588. The number of nitrogens with one attached hydrogen (secondary N) is 1. The average Bonchev–Trinajstić information content (AvgIpc) is 3.01. The maximum Gasteiger partial charge on any atom is 0.238 e. The topological polar surface area (TPSA) is 71.0 Å². The Kier molecular flexibility index (Phi) is 5.30. The van der Waals surface area contributed by atoms with E-state index in [1.807, 2.05) is 4.90 Å². The number of anilines is 1. The van der Waals surface area contributed by atoms with E-state index in [1.54, 1.807) is 25.3 Å². The fourth-order valence-corrected chi connectivity index (χ4v) is 3.74. The van der Waals surface area contributed by atoms with Gasteiger partial charge in [0.15, 0.2) is 0 Å². The number of aliphatic hydroxyl groups excluding tert-OH is 1. The molecule has 2 heterocycles. The van der Waals surface area contributed by atoms with Gasteiger partial charge in [0.2, 0.25) is 5.91 Å². The van der Waals surface area contributed by atoms with Crippen LogP contribution in [0, 0.1) is 0 Å². The highest BCUT2D eigenvalue weighted by Gasteiger charge is 2.45. The molecule has 1 spiro atoms. The molecule has 2 aliphatic heterocycles. The Labute approximate surface area is 146 Å². The number of amides is 1. The van der Waals surface area contributed by atoms with E-state index in [-0.39, 0.29) is 12.5 Å². The first-order valence-corrected chi connectivity index (χ1v) is 8.58. The number of piperidine rings is 1. The number of likely N-dealkylation sites (tertiary alicyclic amines) is 1.